The van der Waals surface area contributed by atoms with Crippen LogP contribution in [0.1, 0.15) is 19.3 Å². The van der Waals surface area contributed by atoms with Crippen LogP contribution in [0.5, 0.6) is 0 Å². The minimum atomic E-state index is -1.40. The highest BCUT2D eigenvalue weighted by Crippen LogP contribution is 2.22. The Balaban J connectivity index is 2.35. The van der Waals surface area contributed by atoms with Crippen LogP contribution in [0.4, 0.5) is 0 Å². The van der Waals surface area contributed by atoms with Gasteiger partial charge in [-0.3, -0.25) is 0 Å². The Kier molecular flexibility index (Phi) is 7.02. The molecule has 0 aromatic rings. The minimum Gasteiger partial charge on any atom is -0.396 e. The molecule has 1 heterocycles. The topological polar surface area (TPSA) is 120 Å². The summed E-state index contributed by atoms with van der Waals surface area (Å²) in [5.41, 5.74) is 0. The highest BCUT2D eigenvalue weighted by atomic mass is 16.7. The van der Waals surface area contributed by atoms with Crippen molar-refractivity contribution in [2.75, 3.05) is 19.8 Å². The first-order chi connectivity index (χ1) is 8.61. The molecule has 0 aromatic carbocycles. The van der Waals surface area contributed by atoms with Gasteiger partial charge < -0.3 is 35.0 Å². The van der Waals surface area contributed by atoms with E-state index in [0.717, 1.165) is 6.42 Å². The summed E-state index contributed by atoms with van der Waals surface area (Å²) in [5.74, 6) is 0. The Morgan fingerprint density at radius 3 is 2.22 bits per heavy atom. The fourth-order valence-electron chi connectivity index (χ4n) is 1.80. The molecule has 1 aliphatic rings. The van der Waals surface area contributed by atoms with E-state index < -0.39 is 37.3 Å². The van der Waals surface area contributed by atoms with Gasteiger partial charge in [0.15, 0.2) is 6.29 Å². The molecule has 5 atom stereocenters. The van der Waals surface area contributed by atoms with Gasteiger partial charge in [0, 0.05) is 13.2 Å². The molecular formula is C11H22O7. The van der Waals surface area contributed by atoms with Gasteiger partial charge >= 0.3 is 0 Å². The zero-order chi connectivity index (χ0) is 13.5. The van der Waals surface area contributed by atoms with Crippen LogP contribution in [0.25, 0.3) is 0 Å². The molecule has 1 rings (SSSR count). The van der Waals surface area contributed by atoms with Gasteiger partial charge in [-0.15, -0.1) is 0 Å². The third-order valence-electron chi connectivity index (χ3n) is 2.93. The SMILES string of the molecule is OCCCCCO[C@H]1O[C@H](CO)[C@@H](O)[C@H](O)[C@H]1O. The van der Waals surface area contributed by atoms with Gasteiger partial charge in [-0.2, -0.15) is 0 Å². The van der Waals surface area contributed by atoms with Gasteiger partial charge in [-0.1, -0.05) is 0 Å². The van der Waals surface area contributed by atoms with E-state index in [1.54, 1.807) is 0 Å². The molecule has 0 aromatic heterocycles. The third kappa shape index (κ3) is 4.13. The van der Waals surface area contributed by atoms with E-state index in [1.807, 2.05) is 0 Å². The molecule has 0 spiro atoms. The first-order valence-electron chi connectivity index (χ1n) is 6.14. The number of aliphatic hydroxyl groups is 5. The molecule has 0 aliphatic carbocycles. The smallest absolute Gasteiger partial charge is 0.186 e. The van der Waals surface area contributed by atoms with Crippen LogP contribution in [0.2, 0.25) is 0 Å². The highest BCUT2D eigenvalue weighted by molar-refractivity contribution is 4.88. The van der Waals surface area contributed by atoms with Gasteiger partial charge in [0.05, 0.1) is 6.61 Å². The van der Waals surface area contributed by atoms with E-state index in [2.05, 4.69) is 0 Å². The maximum Gasteiger partial charge on any atom is 0.186 e. The van der Waals surface area contributed by atoms with Gasteiger partial charge in [-0.05, 0) is 19.3 Å². The number of hydrogen-bond acceptors (Lipinski definition) is 7. The van der Waals surface area contributed by atoms with Crippen molar-refractivity contribution in [3.8, 4) is 0 Å². The minimum absolute atomic E-state index is 0.125. The fourth-order valence-corrected chi connectivity index (χ4v) is 1.80. The molecule has 0 amide bonds. The van der Waals surface area contributed by atoms with Crippen LogP contribution in [-0.2, 0) is 9.47 Å². The molecule has 0 bridgehead atoms. The molecule has 0 radical (unpaired) electrons. The summed E-state index contributed by atoms with van der Waals surface area (Å²) in [7, 11) is 0. The Morgan fingerprint density at radius 1 is 0.889 bits per heavy atom. The zero-order valence-corrected chi connectivity index (χ0v) is 10.2. The first-order valence-corrected chi connectivity index (χ1v) is 6.14. The van der Waals surface area contributed by atoms with E-state index in [9.17, 15) is 15.3 Å². The molecule has 18 heavy (non-hydrogen) atoms. The second-order valence-corrected chi connectivity index (χ2v) is 4.35. The van der Waals surface area contributed by atoms with E-state index in [-0.39, 0.29) is 6.61 Å². The van der Waals surface area contributed by atoms with E-state index in [1.165, 1.54) is 0 Å². The quantitative estimate of drug-likeness (QED) is 0.337. The molecule has 1 aliphatic heterocycles. The van der Waals surface area contributed by atoms with Crippen molar-refractivity contribution in [3.63, 3.8) is 0 Å². The Hall–Kier alpha value is -0.280. The Labute approximate surface area is 106 Å². The van der Waals surface area contributed by atoms with Crippen LogP contribution in [0, 0.1) is 0 Å². The van der Waals surface area contributed by atoms with Gasteiger partial charge in [0.1, 0.15) is 24.4 Å². The van der Waals surface area contributed by atoms with Crippen molar-refractivity contribution in [3.05, 3.63) is 0 Å². The van der Waals surface area contributed by atoms with Crippen LogP contribution in [0.15, 0.2) is 0 Å². The van der Waals surface area contributed by atoms with E-state index >= 15 is 0 Å². The highest BCUT2D eigenvalue weighted by Gasteiger charge is 2.43. The number of aliphatic hydroxyl groups excluding tert-OH is 5. The second kappa shape index (κ2) is 8.00. The lowest BCUT2D eigenvalue weighted by Crippen LogP contribution is -2.59. The Bertz CT molecular complexity index is 223. The average molecular weight is 266 g/mol. The van der Waals surface area contributed by atoms with Gasteiger partial charge in [0.25, 0.3) is 0 Å². The van der Waals surface area contributed by atoms with Crippen LogP contribution in [0.3, 0.4) is 0 Å². The third-order valence-corrected chi connectivity index (χ3v) is 2.93. The van der Waals surface area contributed by atoms with E-state index in [0.29, 0.717) is 19.4 Å². The number of ether oxygens (including phenoxy) is 2. The molecule has 1 fully saturated rings. The largest absolute Gasteiger partial charge is 0.396 e. The number of rotatable bonds is 7. The number of unbranched alkanes of at least 4 members (excludes halogenated alkanes) is 2. The predicted molar refractivity (Wildman–Crippen MR) is 60.7 cm³/mol. The molecule has 1 saturated heterocycles. The maximum absolute atomic E-state index is 9.64. The van der Waals surface area contributed by atoms with Gasteiger partial charge in [-0.25, -0.2) is 0 Å². The summed E-state index contributed by atoms with van der Waals surface area (Å²) >= 11 is 0. The maximum atomic E-state index is 9.64. The Morgan fingerprint density at radius 2 is 1.61 bits per heavy atom. The molecule has 0 saturated carbocycles. The second-order valence-electron chi connectivity index (χ2n) is 4.35. The summed E-state index contributed by atoms with van der Waals surface area (Å²) < 4.78 is 10.4. The van der Waals surface area contributed by atoms with Crippen molar-refractivity contribution in [2.24, 2.45) is 0 Å². The van der Waals surface area contributed by atoms with Crippen molar-refractivity contribution < 1.29 is 35.0 Å². The van der Waals surface area contributed by atoms with Crippen molar-refractivity contribution in [2.45, 2.75) is 50.0 Å². The molecule has 108 valence electrons. The molecular weight excluding hydrogens is 244 g/mol. The molecule has 7 nitrogen and oxygen atoms in total. The van der Waals surface area contributed by atoms with Crippen LogP contribution in [-0.4, -0.2) is 76.1 Å². The van der Waals surface area contributed by atoms with Crippen LogP contribution < -0.4 is 0 Å². The normalized spacial score (nSPS) is 36.8. The van der Waals surface area contributed by atoms with Crippen molar-refractivity contribution in [1.82, 2.24) is 0 Å². The summed E-state index contributed by atoms with van der Waals surface area (Å²) in [5, 5.41) is 46.2. The first kappa shape index (κ1) is 15.8. The number of hydrogen-bond donors (Lipinski definition) is 5. The fraction of sp³-hybridized carbons (Fsp3) is 1.00. The van der Waals surface area contributed by atoms with Gasteiger partial charge in [0.2, 0.25) is 0 Å². The van der Waals surface area contributed by atoms with Crippen molar-refractivity contribution >= 4 is 0 Å². The summed E-state index contributed by atoms with van der Waals surface area (Å²) in [6.07, 6.45) is -3.96. The monoisotopic (exact) mass is 266 g/mol. The summed E-state index contributed by atoms with van der Waals surface area (Å²) in [4.78, 5) is 0. The van der Waals surface area contributed by atoms with Crippen LogP contribution >= 0.6 is 0 Å². The standard InChI is InChI=1S/C11H22O7/c12-4-2-1-3-5-17-11-10(16)9(15)8(14)7(6-13)18-11/h7-16H,1-6H2/t7-,8-,9+,10-,11+/m1/s1. The van der Waals surface area contributed by atoms with Crippen molar-refractivity contribution in [1.29, 1.82) is 0 Å². The molecule has 5 N–H and O–H groups in total. The summed E-state index contributed by atoms with van der Waals surface area (Å²) in [6, 6.07) is 0. The molecule has 0 unspecified atom stereocenters. The zero-order valence-electron chi connectivity index (χ0n) is 10.2. The summed E-state index contributed by atoms with van der Waals surface area (Å²) in [6.45, 7) is -0.0297. The average Bonchev–Trinajstić information content (AvgIpc) is 2.38. The molecule has 7 heteroatoms. The lowest BCUT2D eigenvalue weighted by atomic mass is 9.99. The lowest BCUT2D eigenvalue weighted by molar-refractivity contribution is -0.301. The predicted octanol–water partition coefficient (Wildman–Crippen LogP) is -2.03. The lowest BCUT2D eigenvalue weighted by Gasteiger charge is -2.39. The van der Waals surface area contributed by atoms with E-state index in [4.69, 9.17) is 19.7 Å².